The predicted molar refractivity (Wildman–Crippen MR) is 83.0 cm³/mol. The summed E-state index contributed by atoms with van der Waals surface area (Å²) in [4.78, 5) is 16.0. The van der Waals surface area contributed by atoms with Crippen LogP contribution < -0.4 is 10.6 Å². The van der Waals surface area contributed by atoms with Crippen LogP contribution in [-0.4, -0.2) is 45.0 Å². The first-order chi connectivity index (χ1) is 9.52. The summed E-state index contributed by atoms with van der Waals surface area (Å²) in [6.45, 7) is 1.52. The quantitative estimate of drug-likeness (QED) is 0.900. The van der Waals surface area contributed by atoms with E-state index in [1.807, 2.05) is 0 Å². The zero-order valence-electron chi connectivity index (χ0n) is 12.7. The molecule has 110 valence electrons. The summed E-state index contributed by atoms with van der Waals surface area (Å²) < 4.78 is 0. The normalized spacial score (nSPS) is 15.7. The molecule has 0 aromatic heterocycles. The van der Waals surface area contributed by atoms with Crippen molar-refractivity contribution in [2.75, 3.05) is 39.1 Å². The number of nitrogens with two attached hydrogens (primary N) is 1. The van der Waals surface area contributed by atoms with Crippen LogP contribution in [0.15, 0.2) is 18.2 Å². The highest BCUT2D eigenvalue weighted by molar-refractivity contribution is 5.78. The van der Waals surface area contributed by atoms with Gasteiger partial charge in [0.2, 0.25) is 5.91 Å². The first-order valence-corrected chi connectivity index (χ1v) is 7.27. The van der Waals surface area contributed by atoms with Gasteiger partial charge < -0.3 is 15.5 Å². The zero-order valence-corrected chi connectivity index (χ0v) is 12.7. The van der Waals surface area contributed by atoms with E-state index in [9.17, 15) is 4.79 Å². The average molecular weight is 275 g/mol. The number of rotatable bonds is 4. The molecular weight excluding hydrogens is 250 g/mol. The van der Waals surface area contributed by atoms with Gasteiger partial charge in [-0.15, -0.1) is 0 Å². The number of carbonyl (C=O) groups excluding carboxylic acids is 1. The van der Waals surface area contributed by atoms with E-state index in [0.29, 0.717) is 6.54 Å². The second kappa shape index (κ2) is 6.27. The minimum Gasteiger partial charge on any atom is -0.374 e. The Kier molecular flexibility index (Phi) is 4.65. The van der Waals surface area contributed by atoms with Crippen LogP contribution in [0.25, 0.3) is 0 Å². The topological polar surface area (TPSA) is 49.6 Å². The van der Waals surface area contributed by atoms with Crippen molar-refractivity contribution in [2.45, 2.75) is 19.3 Å². The molecule has 4 heteroatoms. The number of fused-ring (bicyclic) bond motifs is 1. The largest absolute Gasteiger partial charge is 0.374 e. The fourth-order valence-corrected chi connectivity index (χ4v) is 2.89. The maximum Gasteiger partial charge on any atom is 0.226 e. The summed E-state index contributed by atoms with van der Waals surface area (Å²) in [6, 6.07) is 6.56. The minimum absolute atomic E-state index is 0.113. The van der Waals surface area contributed by atoms with Crippen LogP contribution in [0.1, 0.15) is 17.5 Å². The van der Waals surface area contributed by atoms with Crippen LogP contribution in [0.4, 0.5) is 5.69 Å². The van der Waals surface area contributed by atoms with Crippen LogP contribution >= 0.6 is 0 Å². The highest BCUT2D eigenvalue weighted by Gasteiger charge is 2.20. The molecule has 0 saturated carbocycles. The average Bonchev–Trinajstić information content (AvgIpc) is 2.44. The van der Waals surface area contributed by atoms with Crippen molar-refractivity contribution in [2.24, 2.45) is 11.7 Å². The molecule has 2 N–H and O–H groups in total. The van der Waals surface area contributed by atoms with Gasteiger partial charge in [-0.1, -0.05) is 12.1 Å². The number of hydrogen-bond acceptors (Lipinski definition) is 3. The molecule has 1 atom stereocenters. The van der Waals surface area contributed by atoms with Gasteiger partial charge in [-0.25, -0.2) is 0 Å². The summed E-state index contributed by atoms with van der Waals surface area (Å²) in [5, 5.41) is 0. The molecule has 0 fully saturated rings. The Morgan fingerprint density at radius 3 is 2.85 bits per heavy atom. The van der Waals surface area contributed by atoms with E-state index in [4.69, 9.17) is 5.73 Å². The van der Waals surface area contributed by atoms with Crippen LogP contribution in [0, 0.1) is 5.92 Å². The van der Waals surface area contributed by atoms with Crippen LogP contribution in [0.2, 0.25) is 0 Å². The first-order valence-electron chi connectivity index (χ1n) is 7.27. The van der Waals surface area contributed by atoms with E-state index in [1.165, 1.54) is 23.2 Å². The summed E-state index contributed by atoms with van der Waals surface area (Å²) >= 11 is 0. The van der Waals surface area contributed by atoms with E-state index in [0.717, 1.165) is 19.4 Å². The molecule has 0 radical (unpaired) electrons. The van der Waals surface area contributed by atoms with Crippen molar-refractivity contribution < 1.29 is 4.79 Å². The van der Waals surface area contributed by atoms with Gasteiger partial charge in [0.25, 0.3) is 0 Å². The Bertz CT molecular complexity index is 485. The van der Waals surface area contributed by atoms with Gasteiger partial charge in [0.05, 0.1) is 5.92 Å². The standard InChI is InChI=1S/C16H25N3O/c1-18(2)16(20)14(11-17)10-12-6-7-15-13(9-12)5-4-8-19(15)3/h6-7,9,14H,4-5,8,10-11,17H2,1-3H3. The van der Waals surface area contributed by atoms with Crippen LogP contribution in [-0.2, 0) is 17.6 Å². The maximum atomic E-state index is 12.1. The second-order valence-electron chi connectivity index (χ2n) is 5.86. The maximum absolute atomic E-state index is 12.1. The molecule has 1 unspecified atom stereocenters. The molecule has 0 spiro atoms. The van der Waals surface area contributed by atoms with E-state index >= 15 is 0 Å². The van der Waals surface area contributed by atoms with Gasteiger partial charge in [0, 0.05) is 39.9 Å². The number of benzene rings is 1. The van der Waals surface area contributed by atoms with E-state index in [2.05, 4.69) is 30.1 Å². The number of nitrogens with zero attached hydrogens (tertiary/aromatic N) is 2. The fraction of sp³-hybridized carbons (Fsp3) is 0.562. The first kappa shape index (κ1) is 14.9. The van der Waals surface area contributed by atoms with Crippen molar-refractivity contribution in [1.82, 2.24) is 4.90 Å². The smallest absolute Gasteiger partial charge is 0.226 e. The zero-order chi connectivity index (χ0) is 14.7. The number of carbonyl (C=O) groups is 1. The molecule has 0 aliphatic carbocycles. The molecule has 4 nitrogen and oxygen atoms in total. The second-order valence-corrected chi connectivity index (χ2v) is 5.86. The Labute approximate surface area is 121 Å². The number of anilines is 1. The Hall–Kier alpha value is -1.55. The van der Waals surface area contributed by atoms with Gasteiger partial charge in [-0.05, 0) is 36.5 Å². The lowest BCUT2D eigenvalue weighted by atomic mass is 9.93. The van der Waals surface area contributed by atoms with Crippen molar-refractivity contribution in [3.05, 3.63) is 29.3 Å². The predicted octanol–water partition coefficient (Wildman–Crippen LogP) is 1.27. The molecule has 1 aromatic carbocycles. The lowest BCUT2D eigenvalue weighted by molar-refractivity contribution is -0.132. The summed E-state index contributed by atoms with van der Waals surface area (Å²) in [5.41, 5.74) is 9.69. The molecule has 1 aliphatic heterocycles. The Morgan fingerprint density at radius 1 is 1.45 bits per heavy atom. The molecule has 2 rings (SSSR count). The molecule has 0 bridgehead atoms. The van der Waals surface area contributed by atoms with E-state index < -0.39 is 0 Å². The van der Waals surface area contributed by atoms with Gasteiger partial charge in [0.15, 0.2) is 0 Å². The summed E-state index contributed by atoms with van der Waals surface area (Å²) in [6.07, 6.45) is 3.05. The third-order valence-corrected chi connectivity index (χ3v) is 4.05. The lowest BCUT2D eigenvalue weighted by Gasteiger charge is -2.28. The third kappa shape index (κ3) is 3.12. The van der Waals surface area contributed by atoms with Gasteiger partial charge in [0.1, 0.15) is 0 Å². The molecule has 1 aromatic rings. The SMILES string of the molecule is CN(C)C(=O)C(CN)Cc1ccc2c(c1)CCCN2C. The summed E-state index contributed by atoms with van der Waals surface area (Å²) in [7, 11) is 5.70. The lowest BCUT2D eigenvalue weighted by Crippen LogP contribution is -2.35. The molecular formula is C16H25N3O. The number of aryl methyl sites for hydroxylation is 1. The van der Waals surface area contributed by atoms with Crippen LogP contribution in [0.3, 0.4) is 0 Å². The Balaban J connectivity index is 2.15. The fourth-order valence-electron chi connectivity index (χ4n) is 2.89. The molecule has 1 aliphatic rings. The van der Waals surface area contributed by atoms with Crippen molar-refractivity contribution in [3.63, 3.8) is 0 Å². The van der Waals surface area contributed by atoms with Crippen LogP contribution in [0.5, 0.6) is 0 Å². The number of amides is 1. The van der Waals surface area contributed by atoms with Gasteiger partial charge in [-0.2, -0.15) is 0 Å². The molecule has 0 saturated heterocycles. The summed E-state index contributed by atoms with van der Waals surface area (Å²) in [5.74, 6) is -0.00768. The van der Waals surface area contributed by atoms with E-state index in [1.54, 1.807) is 19.0 Å². The number of hydrogen-bond donors (Lipinski definition) is 1. The monoisotopic (exact) mass is 275 g/mol. The van der Waals surface area contributed by atoms with Crippen molar-refractivity contribution >= 4 is 11.6 Å². The highest BCUT2D eigenvalue weighted by atomic mass is 16.2. The molecule has 1 amide bonds. The Morgan fingerprint density at radius 2 is 2.20 bits per heavy atom. The van der Waals surface area contributed by atoms with Gasteiger partial charge >= 0.3 is 0 Å². The molecule has 20 heavy (non-hydrogen) atoms. The minimum atomic E-state index is -0.121. The van der Waals surface area contributed by atoms with E-state index in [-0.39, 0.29) is 11.8 Å². The van der Waals surface area contributed by atoms with Crippen molar-refractivity contribution in [1.29, 1.82) is 0 Å². The van der Waals surface area contributed by atoms with Gasteiger partial charge in [-0.3, -0.25) is 4.79 Å². The highest BCUT2D eigenvalue weighted by Crippen LogP contribution is 2.27. The van der Waals surface area contributed by atoms with Crippen molar-refractivity contribution in [3.8, 4) is 0 Å². The third-order valence-electron chi connectivity index (χ3n) is 4.05. The molecule has 1 heterocycles.